The van der Waals surface area contributed by atoms with Crippen LogP contribution in [-0.4, -0.2) is 24.4 Å². The van der Waals surface area contributed by atoms with E-state index in [4.69, 9.17) is 4.98 Å². The normalized spacial score (nSPS) is 16.1. The van der Waals surface area contributed by atoms with Gasteiger partial charge in [-0.15, -0.1) is 0 Å². The lowest BCUT2D eigenvalue weighted by molar-refractivity contribution is 0.384. The van der Waals surface area contributed by atoms with Gasteiger partial charge in [0.05, 0.1) is 53.6 Å². The van der Waals surface area contributed by atoms with Crippen molar-refractivity contribution in [2.75, 3.05) is 0 Å². The first-order valence-electron chi connectivity index (χ1n) is 11.4. The first-order chi connectivity index (χ1) is 16.5. The van der Waals surface area contributed by atoms with Crippen molar-refractivity contribution in [1.29, 1.82) is 10.5 Å². The molecule has 168 valence electrons. The minimum Gasteiger partial charge on any atom is -0.271 e. The van der Waals surface area contributed by atoms with Gasteiger partial charge in [-0.05, 0) is 49.8 Å². The third-order valence-electron chi connectivity index (χ3n) is 6.35. The highest BCUT2D eigenvalue weighted by atomic mass is 15.3. The van der Waals surface area contributed by atoms with Gasteiger partial charge in [0.25, 0.3) is 0 Å². The molecular weight excluding hydrogens is 422 g/mol. The Morgan fingerprint density at radius 2 is 1.85 bits per heavy atom. The second kappa shape index (κ2) is 8.61. The Bertz CT molecular complexity index is 1460. The zero-order chi connectivity index (χ0) is 23.7. The lowest BCUT2D eigenvalue weighted by Crippen LogP contribution is -2.17. The summed E-state index contributed by atoms with van der Waals surface area (Å²) in [7, 11) is 0. The number of allylic oxidation sites excluding steroid dienone is 2. The summed E-state index contributed by atoms with van der Waals surface area (Å²) in [5.74, 6) is 0.0933. The number of hydrogen-bond donors (Lipinski definition) is 0. The van der Waals surface area contributed by atoms with E-state index in [2.05, 4.69) is 52.7 Å². The largest absolute Gasteiger partial charge is 0.271 e. The molecule has 0 N–H and O–H groups in total. The Kier molecular flexibility index (Phi) is 5.47. The summed E-state index contributed by atoms with van der Waals surface area (Å²) in [6.45, 7) is 4.37. The molecule has 0 fully saturated rings. The van der Waals surface area contributed by atoms with Crippen molar-refractivity contribution in [2.24, 2.45) is 11.3 Å². The van der Waals surface area contributed by atoms with Gasteiger partial charge in [-0.3, -0.25) is 9.67 Å². The number of fused-ring (bicyclic) bond motifs is 1. The number of benzene rings is 1. The van der Waals surface area contributed by atoms with E-state index < -0.39 is 5.41 Å². The molecule has 1 aliphatic rings. The van der Waals surface area contributed by atoms with E-state index in [0.29, 0.717) is 6.54 Å². The topological polar surface area (TPSA) is 95.6 Å². The summed E-state index contributed by atoms with van der Waals surface area (Å²) in [6.07, 6.45) is 14.0. The van der Waals surface area contributed by atoms with Crippen LogP contribution in [0.25, 0.3) is 33.3 Å². The van der Waals surface area contributed by atoms with E-state index in [1.165, 1.54) is 5.57 Å². The van der Waals surface area contributed by atoms with Gasteiger partial charge in [0.15, 0.2) is 0 Å². The molecule has 1 aliphatic carbocycles. The Hall–Kier alpha value is -4.23. The van der Waals surface area contributed by atoms with Crippen molar-refractivity contribution in [1.82, 2.24) is 24.4 Å². The SMILES string of the molecule is CC(C)(C#N)Cn1cc(-c2ccc(-c3cnn4ccnc(C5=CCC(C#N)CC5)c34)cc2)cn1. The minimum absolute atomic E-state index is 0.0933. The second-order valence-corrected chi connectivity index (χ2v) is 9.46. The first kappa shape index (κ1) is 21.6. The van der Waals surface area contributed by atoms with Crippen molar-refractivity contribution in [3.8, 4) is 34.4 Å². The summed E-state index contributed by atoms with van der Waals surface area (Å²) in [4.78, 5) is 4.70. The summed E-state index contributed by atoms with van der Waals surface area (Å²) in [5, 5.41) is 27.5. The van der Waals surface area contributed by atoms with Gasteiger partial charge in [-0.2, -0.15) is 20.7 Å². The van der Waals surface area contributed by atoms with Crippen LogP contribution in [-0.2, 0) is 6.54 Å². The summed E-state index contributed by atoms with van der Waals surface area (Å²) >= 11 is 0. The van der Waals surface area contributed by atoms with Crippen LogP contribution in [0.2, 0.25) is 0 Å². The highest BCUT2D eigenvalue weighted by Crippen LogP contribution is 2.35. The molecule has 1 unspecified atom stereocenters. The van der Waals surface area contributed by atoms with E-state index in [1.54, 1.807) is 6.20 Å². The number of hydrogen-bond acceptors (Lipinski definition) is 5. The molecule has 4 aromatic rings. The van der Waals surface area contributed by atoms with Crippen molar-refractivity contribution >= 4 is 11.1 Å². The zero-order valence-corrected chi connectivity index (χ0v) is 19.3. The number of aromatic nitrogens is 5. The van der Waals surface area contributed by atoms with E-state index in [9.17, 15) is 10.5 Å². The van der Waals surface area contributed by atoms with E-state index in [-0.39, 0.29) is 5.92 Å². The van der Waals surface area contributed by atoms with E-state index in [0.717, 1.165) is 52.7 Å². The molecule has 7 nitrogen and oxygen atoms in total. The minimum atomic E-state index is -0.467. The maximum atomic E-state index is 9.28. The Morgan fingerprint density at radius 3 is 2.56 bits per heavy atom. The molecular formula is C27H25N7. The van der Waals surface area contributed by atoms with Crippen LogP contribution in [0, 0.1) is 34.0 Å². The molecule has 1 aromatic carbocycles. The van der Waals surface area contributed by atoms with Crippen LogP contribution in [0.1, 0.15) is 38.8 Å². The van der Waals surface area contributed by atoms with E-state index >= 15 is 0 Å². The first-order valence-corrected chi connectivity index (χ1v) is 11.4. The van der Waals surface area contributed by atoms with Gasteiger partial charge in [-0.1, -0.05) is 30.3 Å². The van der Waals surface area contributed by atoms with Crippen molar-refractivity contribution in [3.05, 3.63) is 67.0 Å². The standard InChI is InChI=1S/C27H25N7/c1-27(2,17-29)18-33-16-23(14-31-33)20-7-9-21(10-8-20)24-15-32-34-12-11-30-25(26(24)34)22-5-3-19(13-28)4-6-22/h5,7-12,14-16,19H,3-4,6,18H2,1-2H3. The Labute approximate surface area is 198 Å². The molecule has 0 amide bonds. The van der Waals surface area contributed by atoms with Crippen molar-refractivity contribution in [2.45, 2.75) is 39.7 Å². The molecule has 1 atom stereocenters. The molecule has 0 saturated heterocycles. The maximum absolute atomic E-state index is 9.28. The van der Waals surface area contributed by atoms with Gasteiger partial charge in [0.1, 0.15) is 0 Å². The average molecular weight is 448 g/mol. The van der Waals surface area contributed by atoms with Crippen LogP contribution in [0.3, 0.4) is 0 Å². The molecule has 3 aromatic heterocycles. The number of nitriles is 2. The number of nitrogens with zero attached hydrogens (tertiary/aromatic N) is 7. The zero-order valence-electron chi connectivity index (χ0n) is 19.3. The fourth-order valence-corrected chi connectivity index (χ4v) is 4.44. The molecule has 0 spiro atoms. The molecule has 5 rings (SSSR count). The summed E-state index contributed by atoms with van der Waals surface area (Å²) in [6, 6.07) is 13.1. The van der Waals surface area contributed by atoms with Gasteiger partial charge in [-0.25, -0.2) is 4.52 Å². The van der Waals surface area contributed by atoms with Crippen LogP contribution in [0.4, 0.5) is 0 Å². The molecule has 3 heterocycles. The maximum Gasteiger partial charge on any atom is 0.0999 e. The monoisotopic (exact) mass is 447 g/mol. The predicted molar refractivity (Wildman–Crippen MR) is 130 cm³/mol. The quantitative estimate of drug-likeness (QED) is 0.401. The van der Waals surface area contributed by atoms with Crippen LogP contribution < -0.4 is 0 Å². The second-order valence-electron chi connectivity index (χ2n) is 9.46. The van der Waals surface area contributed by atoms with Gasteiger partial charge < -0.3 is 0 Å². The summed E-state index contributed by atoms with van der Waals surface area (Å²) < 4.78 is 3.70. The Morgan fingerprint density at radius 1 is 1.06 bits per heavy atom. The lowest BCUT2D eigenvalue weighted by atomic mass is 9.88. The van der Waals surface area contributed by atoms with Gasteiger partial charge >= 0.3 is 0 Å². The highest BCUT2D eigenvalue weighted by molar-refractivity contribution is 5.89. The molecule has 7 heteroatoms. The molecule has 0 radical (unpaired) electrons. The predicted octanol–water partition coefficient (Wildman–Crippen LogP) is 5.52. The van der Waals surface area contributed by atoms with Gasteiger partial charge in [0.2, 0.25) is 0 Å². The van der Waals surface area contributed by atoms with Crippen LogP contribution >= 0.6 is 0 Å². The lowest BCUT2D eigenvalue weighted by Gasteiger charge is -2.17. The average Bonchev–Trinajstić information content (AvgIpc) is 3.51. The van der Waals surface area contributed by atoms with Crippen LogP contribution in [0.5, 0.6) is 0 Å². The molecule has 0 bridgehead atoms. The summed E-state index contributed by atoms with van der Waals surface area (Å²) in [5.41, 5.74) is 6.83. The Balaban J connectivity index is 1.46. The number of rotatable bonds is 5. The van der Waals surface area contributed by atoms with Crippen molar-refractivity contribution in [3.63, 3.8) is 0 Å². The third kappa shape index (κ3) is 4.09. The van der Waals surface area contributed by atoms with E-state index in [1.807, 2.05) is 47.8 Å². The van der Waals surface area contributed by atoms with Gasteiger partial charge in [0, 0.05) is 29.7 Å². The molecule has 0 saturated carbocycles. The smallest absolute Gasteiger partial charge is 0.0999 e. The highest BCUT2D eigenvalue weighted by Gasteiger charge is 2.21. The fraction of sp³-hybridized carbons (Fsp3) is 0.296. The van der Waals surface area contributed by atoms with Crippen LogP contribution in [0.15, 0.2) is 61.3 Å². The molecule has 0 aliphatic heterocycles. The van der Waals surface area contributed by atoms with Crippen molar-refractivity contribution < 1.29 is 0 Å². The molecule has 34 heavy (non-hydrogen) atoms. The third-order valence-corrected chi connectivity index (χ3v) is 6.35. The fourth-order valence-electron chi connectivity index (χ4n) is 4.44.